The minimum absolute atomic E-state index is 0.0260. The number of amides is 1. The van der Waals surface area contributed by atoms with E-state index in [0.717, 1.165) is 6.42 Å². The van der Waals surface area contributed by atoms with E-state index in [1.54, 1.807) is 17.2 Å². The van der Waals surface area contributed by atoms with Gasteiger partial charge in [-0.1, -0.05) is 45.0 Å². The smallest absolute Gasteiger partial charge is 0.410 e. The molecule has 0 spiro atoms. The number of carbonyl (C=O) groups excluding carboxylic acids is 1. The fourth-order valence-electron chi connectivity index (χ4n) is 4.86. The van der Waals surface area contributed by atoms with Crippen LogP contribution in [-0.4, -0.2) is 63.8 Å². The molecule has 0 aliphatic carbocycles. The maximum absolute atomic E-state index is 13.1. The van der Waals surface area contributed by atoms with Gasteiger partial charge in [-0.05, 0) is 43.7 Å². The largest absolute Gasteiger partial charge is 0.471 e. The highest BCUT2D eigenvalue weighted by Gasteiger charge is 2.55. The average molecular weight is 484 g/mol. The first-order valence-corrected chi connectivity index (χ1v) is 12.4. The predicted molar refractivity (Wildman–Crippen MR) is 131 cm³/mol. The Bertz CT molecular complexity index is 1030. The molecule has 1 aromatic heterocycles. The molecule has 2 unspecified atom stereocenters. The second kappa shape index (κ2) is 9.74. The zero-order valence-electron chi connectivity index (χ0n) is 21.5. The highest BCUT2D eigenvalue weighted by Crippen LogP contribution is 2.45. The molecule has 190 valence electrons. The first-order chi connectivity index (χ1) is 16.5. The zero-order valence-corrected chi connectivity index (χ0v) is 21.5. The summed E-state index contributed by atoms with van der Waals surface area (Å²) in [7, 11) is 0. The normalized spacial score (nSPS) is 24.1. The number of rotatable bonds is 6. The van der Waals surface area contributed by atoms with Gasteiger partial charge in [0, 0.05) is 24.6 Å². The average Bonchev–Trinajstić information content (AvgIpc) is 3.29. The Morgan fingerprint density at radius 3 is 2.49 bits per heavy atom. The topological polar surface area (TPSA) is 94.0 Å². The molecule has 2 fully saturated rings. The Morgan fingerprint density at radius 1 is 1.20 bits per heavy atom. The summed E-state index contributed by atoms with van der Waals surface area (Å²) in [5.41, 5.74) is 0.184. The summed E-state index contributed by atoms with van der Waals surface area (Å²) >= 11 is 0. The summed E-state index contributed by atoms with van der Waals surface area (Å²) in [5.74, 6) is 0.707. The first-order valence-electron chi connectivity index (χ1n) is 12.4. The van der Waals surface area contributed by atoms with Crippen molar-refractivity contribution in [1.82, 2.24) is 15.1 Å². The van der Waals surface area contributed by atoms with Crippen molar-refractivity contribution in [2.24, 2.45) is 5.92 Å². The van der Waals surface area contributed by atoms with Crippen LogP contribution in [0.15, 0.2) is 36.5 Å². The molecule has 1 amide bonds. The molecular formula is C27H37N3O5. The van der Waals surface area contributed by atoms with Crippen molar-refractivity contribution in [2.75, 3.05) is 19.8 Å². The minimum atomic E-state index is -1.54. The fourth-order valence-corrected chi connectivity index (χ4v) is 4.86. The van der Waals surface area contributed by atoms with E-state index in [4.69, 9.17) is 14.2 Å². The molecule has 1 aromatic carbocycles. The third-order valence-corrected chi connectivity index (χ3v) is 6.68. The molecular weight excluding hydrogens is 446 g/mol. The SMILES string of the molecule is CC(C)c1ccc([C@@](O)(c2cnnc(O[C@H]3CCOC3)c2)C2C(C)CN2C(=O)OC(C)(C)C)cc1. The lowest BCUT2D eigenvalue weighted by molar-refractivity contribution is -0.107. The first kappa shape index (κ1) is 25.4. The summed E-state index contributed by atoms with van der Waals surface area (Å²) in [6.45, 7) is 13.4. The monoisotopic (exact) mass is 483 g/mol. The molecule has 0 saturated carbocycles. The van der Waals surface area contributed by atoms with Crippen LogP contribution >= 0.6 is 0 Å². The van der Waals surface area contributed by atoms with Gasteiger partial charge in [0.05, 0.1) is 25.5 Å². The third kappa shape index (κ3) is 5.28. The van der Waals surface area contributed by atoms with Crippen molar-refractivity contribution in [3.63, 3.8) is 0 Å². The number of likely N-dealkylation sites (tertiary alicyclic amines) is 1. The molecule has 2 aliphatic heterocycles. The van der Waals surface area contributed by atoms with Gasteiger partial charge in [-0.25, -0.2) is 4.79 Å². The molecule has 8 heteroatoms. The Hall–Kier alpha value is -2.71. The summed E-state index contributed by atoms with van der Waals surface area (Å²) < 4.78 is 17.0. The molecule has 8 nitrogen and oxygen atoms in total. The summed E-state index contributed by atoms with van der Waals surface area (Å²) in [5, 5.41) is 20.8. The fraction of sp³-hybridized carbons (Fsp3) is 0.593. The van der Waals surface area contributed by atoms with Crippen LogP contribution in [0.3, 0.4) is 0 Å². The number of hydrogen-bond donors (Lipinski definition) is 1. The second-order valence-electron chi connectivity index (χ2n) is 11.0. The van der Waals surface area contributed by atoms with E-state index in [-0.39, 0.29) is 12.0 Å². The Balaban J connectivity index is 1.75. The highest BCUT2D eigenvalue weighted by molar-refractivity contribution is 5.70. The van der Waals surface area contributed by atoms with E-state index in [2.05, 4.69) is 24.0 Å². The molecule has 1 N–H and O–H groups in total. The van der Waals surface area contributed by atoms with E-state index in [1.165, 1.54) is 5.56 Å². The number of hydrogen-bond acceptors (Lipinski definition) is 7. The lowest BCUT2D eigenvalue weighted by Gasteiger charge is -2.54. The number of ether oxygens (including phenoxy) is 3. The number of aromatic nitrogens is 2. The van der Waals surface area contributed by atoms with Crippen molar-refractivity contribution in [3.05, 3.63) is 53.2 Å². The van der Waals surface area contributed by atoms with Crippen LogP contribution in [0.4, 0.5) is 4.79 Å². The zero-order chi connectivity index (χ0) is 25.4. The quantitative estimate of drug-likeness (QED) is 0.656. The number of nitrogens with zero attached hydrogens (tertiary/aromatic N) is 3. The van der Waals surface area contributed by atoms with Gasteiger partial charge in [0.25, 0.3) is 0 Å². The summed E-state index contributed by atoms with van der Waals surface area (Å²) in [6, 6.07) is 9.08. The van der Waals surface area contributed by atoms with Gasteiger partial charge in [0.2, 0.25) is 5.88 Å². The van der Waals surface area contributed by atoms with Gasteiger partial charge in [-0.15, -0.1) is 5.10 Å². The molecule has 35 heavy (non-hydrogen) atoms. The van der Waals surface area contributed by atoms with E-state index < -0.39 is 23.3 Å². The Morgan fingerprint density at radius 2 is 1.91 bits per heavy atom. The Kier molecular flexibility index (Phi) is 7.06. The van der Waals surface area contributed by atoms with Crippen molar-refractivity contribution in [3.8, 4) is 5.88 Å². The third-order valence-electron chi connectivity index (χ3n) is 6.68. The van der Waals surface area contributed by atoms with Gasteiger partial charge >= 0.3 is 6.09 Å². The minimum Gasteiger partial charge on any atom is -0.471 e. The Labute approximate surface area is 207 Å². The lowest BCUT2D eigenvalue weighted by Crippen LogP contribution is -2.67. The van der Waals surface area contributed by atoms with Gasteiger partial charge in [0.1, 0.15) is 17.3 Å². The van der Waals surface area contributed by atoms with Crippen LogP contribution in [0.25, 0.3) is 0 Å². The lowest BCUT2D eigenvalue weighted by atomic mass is 9.70. The van der Waals surface area contributed by atoms with Crippen molar-refractivity contribution in [2.45, 2.75) is 77.2 Å². The molecule has 4 atom stereocenters. The summed E-state index contributed by atoms with van der Waals surface area (Å²) in [6.07, 6.45) is 1.78. The molecule has 4 rings (SSSR count). The maximum atomic E-state index is 13.1. The summed E-state index contributed by atoms with van der Waals surface area (Å²) in [4.78, 5) is 14.7. The van der Waals surface area contributed by atoms with Crippen LogP contribution in [0.1, 0.15) is 70.6 Å². The van der Waals surface area contributed by atoms with Crippen molar-refractivity contribution < 1.29 is 24.1 Å². The molecule has 2 aliphatic rings. The standard InChI is InChI=1S/C27H37N3O5/c1-17(2)19-7-9-20(10-8-19)27(32,24-18(3)15-30(24)25(31)35-26(4,5)6)21-13-23(29-28-14-21)34-22-11-12-33-16-22/h7-10,13-14,17-18,22,24,32H,11-12,15-16H2,1-6H3/t18?,22-,24?,27+/m0/s1. The predicted octanol–water partition coefficient (Wildman–Crippen LogP) is 4.26. The molecule has 0 bridgehead atoms. The molecule has 0 radical (unpaired) electrons. The van der Waals surface area contributed by atoms with Crippen LogP contribution in [0.5, 0.6) is 5.88 Å². The van der Waals surface area contributed by atoms with Crippen molar-refractivity contribution in [1.29, 1.82) is 0 Å². The van der Waals surface area contributed by atoms with E-state index in [1.807, 2.05) is 52.0 Å². The van der Waals surface area contributed by atoms with E-state index in [0.29, 0.717) is 42.7 Å². The van der Waals surface area contributed by atoms with Crippen LogP contribution < -0.4 is 4.74 Å². The van der Waals surface area contributed by atoms with E-state index >= 15 is 0 Å². The highest BCUT2D eigenvalue weighted by atomic mass is 16.6. The molecule has 2 saturated heterocycles. The van der Waals surface area contributed by atoms with Crippen LogP contribution in [0, 0.1) is 5.92 Å². The van der Waals surface area contributed by atoms with Gasteiger partial charge < -0.3 is 24.2 Å². The number of carbonyl (C=O) groups is 1. The second-order valence-corrected chi connectivity index (χ2v) is 11.0. The van der Waals surface area contributed by atoms with Gasteiger partial charge in [-0.3, -0.25) is 0 Å². The molecule has 3 heterocycles. The van der Waals surface area contributed by atoms with Gasteiger partial charge in [-0.2, -0.15) is 5.10 Å². The van der Waals surface area contributed by atoms with Gasteiger partial charge in [0.15, 0.2) is 0 Å². The number of benzene rings is 1. The molecule has 2 aromatic rings. The van der Waals surface area contributed by atoms with Crippen LogP contribution in [-0.2, 0) is 15.1 Å². The van der Waals surface area contributed by atoms with E-state index in [9.17, 15) is 9.90 Å². The van der Waals surface area contributed by atoms with Crippen molar-refractivity contribution >= 4 is 6.09 Å². The maximum Gasteiger partial charge on any atom is 0.410 e. The van der Waals surface area contributed by atoms with Crippen LogP contribution in [0.2, 0.25) is 0 Å². The number of aliphatic hydroxyl groups is 1.